The number of primary amides is 1. The number of nitrogens with one attached hydrogen (secondary N) is 4. The fourth-order valence-electron chi connectivity index (χ4n) is 6.27. The second kappa shape index (κ2) is 17.2. The summed E-state index contributed by atoms with van der Waals surface area (Å²) in [6, 6.07) is 10.4. The van der Waals surface area contributed by atoms with Crippen molar-refractivity contribution in [2.24, 2.45) is 5.73 Å². The molecular weight excluding hydrogens is 671 g/mol. The normalized spacial score (nSPS) is 20.0. The number of hydrogen-bond donors (Lipinski definition) is 7. The number of fused-ring (bicyclic) bond motifs is 1. The number of amides is 6. The quantitative estimate of drug-likeness (QED) is 0.124. The van der Waals surface area contributed by atoms with Crippen molar-refractivity contribution in [2.45, 2.75) is 95.0 Å². The summed E-state index contributed by atoms with van der Waals surface area (Å²) in [5, 5.41) is 10.8. The number of benzene rings is 2. The predicted molar refractivity (Wildman–Crippen MR) is 179 cm³/mol. The number of hydrogen-bond acceptors (Lipinski definition) is 8. The van der Waals surface area contributed by atoms with E-state index in [0.717, 1.165) is 5.56 Å². The Bertz CT molecular complexity index is 1600. The van der Waals surface area contributed by atoms with E-state index in [1.54, 1.807) is 0 Å². The highest BCUT2D eigenvalue weighted by atomic mass is 31.2. The van der Waals surface area contributed by atoms with Crippen molar-refractivity contribution in [3.63, 3.8) is 0 Å². The van der Waals surface area contributed by atoms with Gasteiger partial charge in [0, 0.05) is 32.4 Å². The van der Waals surface area contributed by atoms with Crippen molar-refractivity contribution < 1.29 is 47.6 Å². The summed E-state index contributed by atoms with van der Waals surface area (Å²) in [5.74, 6) is -3.36. The highest BCUT2D eigenvalue weighted by Gasteiger charge is 2.45. The molecule has 8 N–H and O–H groups in total. The molecular formula is C33H43N6O10P. The topological polar surface area (TPSA) is 247 Å². The van der Waals surface area contributed by atoms with Gasteiger partial charge in [0.15, 0.2) is 0 Å². The van der Waals surface area contributed by atoms with Crippen LogP contribution >= 0.6 is 7.82 Å². The Morgan fingerprint density at radius 3 is 2.26 bits per heavy atom. The minimum absolute atomic E-state index is 0.00108. The van der Waals surface area contributed by atoms with E-state index >= 15 is 0 Å². The number of phosphoric acid groups is 1. The first-order chi connectivity index (χ1) is 23.7. The molecule has 2 heterocycles. The number of carbonyl (C=O) groups is 6. The summed E-state index contributed by atoms with van der Waals surface area (Å²) in [6.45, 7) is 1.45. The standard InChI is InChI=1S/C33H43N6O10P/c1-20(40)36-27(18-21-10-13-24(14-11-21)49-50(46,47)48)31(43)38-26-9-5-8-23-12-16-28(39(23)33(26)45)32(44)37-25(15-17-29(34)41)30(42)35-19-22-6-3-2-4-7-22/h2-4,6-7,10-11,13-14,23,25-28H,5,8-9,12,15-19H2,1H3,(H2,34,41)(H,35,42)(H,36,40)(H,37,44)(H,38,43)(H2,46,47,48)/t23-,25-,26-,27-,28-/m0/s1. The maximum absolute atomic E-state index is 14.0. The second-order valence-corrected chi connectivity index (χ2v) is 13.6. The van der Waals surface area contributed by atoms with Gasteiger partial charge in [-0.2, -0.15) is 0 Å². The summed E-state index contributed by atoms with van der Waals surface area (Å²) in [7, 11) is -4.76. The van der Waals surface area contributed by atoms with Gasteiger partial charge in [-0.25, -0.2) is 4.57 Å². The van der Waals surface area contributed by atoms with E-state index in [1.165, 1.54) is 36.1 Å². The van der Waals surface area contributed by atoms with Crippen LogP contribution in [0.15, 0.2) is 54.6 Å². The number of phosphoric ester groups is 1. The molecule has 0 bridgehead atoms. The molecule has 0 saturated carbocycles. The van der Waals surface area contributed by atoms with Crippen molar-refractivity contribution in [3.8, 4) is 5.75 Å². The molecule has 0 unspecified atom stereocenters. The molecule has 0 spiro atoms. The molecule has 2 aromatic rings. The van der Waals surface area contributed by atoms with Gasteiger partial charge in [-0.3, -0.25) is 38.6 Å². The molecule has 50 heavy (non-hydrogen) atoms. The summed E-state index contributed by atoms with van der Waals surface area (Å²) in [4.78, 5) is 97.3. The van der Waals surface area contributed by atoms with Gasteiger partial charge >= 0.3 is 7.82 Å². The maximum atomic E-state index is 14.0. The highest BCUT2D eigenvalue weighted by Crippen LogP contribution is 2.37. The molecule has 2 aromatic carbocycles. The van der Waals surface area contributed by atoms with E-state index in [4.69, 9.17) is 15.5 Å². The summed E-state index contributed by atoms with van der Waals surface area (Å²) in [5.41, 5.74) is 6.71. The van der Waals surface area contributed by atoms with Gasteiger partial charge in [0.2, 0.25) is 35.4 Å². The molecule has 0 aliphatic carbocycles. The van der Waals surface area contributed by atoms with E-state index in [9.17, 15) is 33.3 Å². The summed E-state index contributed by atoms with van der Waals surface area (Å²) >= 11 is 0. The van der Waals surface area contributed by atoms with E-state index in [1.807, 2.05) is 30.3 Å². The van der Waals surface area contributed by atoms with Crippen molar-refractivity contribution in [1.82, 2.24) is 26.2 Å². The van der Waals surface area contributed by atoms with Crippen LogP contribution in [-0.4, -0.2) is 80.3 Å². The van der Waals surface area contributed by atoms with Crippen molar-refractivity contribution >= 4 is 43.3 Å². The zero-order valence-electron chi connectivity index (χ0n) is 27.6. The molecule has 6 amide bonds. The average Bonchev–Trinajstić information content (AvgIpc) is 3.42. The van der Waals surface area contributed by atoms with Crippen LogP contribution in [0.25, 0.3) is 0 Å². The average molecular weight is 715 g/mol. The number of nitrogens with two attached hydrogens (primary N) is 1. The molecule has 2 aliphatic heterocycles. The number of nitrogens with zero attached hydrogens (tertiary/aromatic N) is 1. The fraction of sp³-hybridized carbons (Fsp3) is 0.455. The van der Waals surface area contributed by atoms with Gasteiger partial charge in [-0.1, -0.05) is 42.5 Å². The molecule has 270 valence electrons. The van der Waals surface area contributed by atoms with E-state index < -0.39 is 67.4 Å². The van der Waals surface area contributed by atoms with Gasteiger partial charge in [0.1, 0.15) is 29.9 Å². The Kier molecular flexibility index (Phi) is 13.1. The van der Waals surface area contributed by atoms with Gasteiger partial charge < -0.3 is 36.4 Å². The Morgan fingerprint density at radius 1 is 0.920 bits per heavy atom. The third-order valence-electron chi connectivity index (χ3n) is 8.61. The monoisotopic (exact) mass is 714 g/mol. The lowest BCUT2D eigenvalue weighted by atomic mass is 10.0. The molecule has 2 fully saturated rings. The van der Waals surface area contributed by atoms with Gasteiger partial charge in [0.05, 0.1) is 0 Å². The lowest BCUT2D eigenvalue weighted by molar-refractivity contribution is -0.143. The molecule has 17 heteroatoms. The SMILES string of the molecule is CC(=O)N[C@@H](Cc1ccc(OP(=O)(O)O)cc1)C(=O)N[C@H]1CCC[C@H]2CC[C@@H](C(=O)N[C@@H](CCC(N)=O)C(=O)NCc3ccccc3)N2C1=O. The van der Waals surface area contributed by atoms with Crippen LogP contribution in [0.1, 0.15) is 63.0 Å². The van der Waals surface area contributed by atoms with Crippen LogP contribution < -0.4 is 31.5 Å². The smallest absolute Gasteiger partial charge is 0.404 e. The molecule has 0 aromatic heterocycles. The number of rotatable bonds is 15. The molecule has 4 rings (SSSR count). The van der Waals surface area contributed by atoms with Crippen molar-refractivity contribution in [3.05, 3.63) is 65.7 Å². The van der Waals surface area contributed by atoms with E-state index in [0.29, 0.717) is 37.7 Å². The largest absolute Gasteiger partial charge is 0.524 e. The highest BCUT2D eigenvalue weighted by molar-refractivity contribution is 7.46. The Hall–Kier alpha value is -4.79. The molecule has 2 aliphatic rings. The van der Waals surface area contributed by atoms with E-state index in [2.05, 4.69) is 25.8 Å². The third kappa shape index (κ3) is 11.1. The van der Waals surface area contributed by atoms with Crippen molar-refractivity contribution in [1.29, 1.82) is 0 Å². The molecule has 0 radical (unpaired) electrons. The first-order valence-electron chi connectivity index (χ1n) is 16.3. The van der Waals surface area contributed by atoms with E-state index in [-0.39, 0.29) is 37.6 Å². The number of carbonyl (C=O) groups excluding carboxylic acids is 6. The summed E-state index contributed by atoms with van der Waals surface area (Å²) in [6.07, 6.45) is 2.20. The lowest BCUT2D eigenvalue weighted by Crippen LogP contribution is -2.58. The zero-order chi connectivity index (χ0) is 36.4. The van der Waals surface area contributed by atoms with Crippen LogP contribution in [0.4, 0.5) is 0 Å². The Balaban J connectivity index is 1.43. The van der Waals surface area contributed by atoms with Crippen LogP contribution in [0.3, 0.4) is 0 Å². The maximum Gasteiger partial charge on any atom is 0.524 e. The molecule has 2 saturated heterocycles. The Labute approximate surface area is 289 Å². The molecule has 16 nitrogen and oxygen atoms in total. The minimum Gasteiger partial charge on any atom is -0.404 e. The van der Waals surface area contributed by atoms with Gasteiger partial charge in [-0.05, 0) is 61.8 Å². The first-order valence-corrected chi connectivity index (χ1v) is 17.9. The third-order valence-corrected chi connectivity index (χ3v) is 9.06. The lowest BCUT2D eigenvalue weighted by Gasteiger charge is -2.32. The minimum atomic E-state index is -4.76. The zero-order valence-corrected chi connectivity index (χ0v) is 28.5. The fourth-order valence-corrected chi connectivity index (χ4v) is 6.67. The van der Waals surface area contributed by atoms with Crippen molar-refractivity contribution in [2.75, 3.05) is 0 Å². The Morgan fingerprint density at radius 2 is 1.62 bits per heavy atom. The second-order valence-electron chi connectivity index (χ2n) is 12.4. The first kappa shape index (κ1) is 38.0. The van der Waals surface area contributed by atoms with Crippen LogP contribution in [0, 0.1) is 0 Å². The van der Waals surface area contributed by atoms with Crippen LogP contribution in [0.5, 0.6) is 5.75 Å². The van der Waals surface area contributed by atoms with Gasteiger partial charge in [0.25, 0.3) is 0 Å². The summed E-state index contributed by atoms with van der Waals surface area (Å²) < 4.78 is 15.7. The van der Waals surface area contributed by atoms with Gasteiger partial charge in [-0.15, -0.1) is 0 Å². The van der Waals surface area contributed by atoms with Crippen LogP contribution in [0.2, 0.25) is 0 Å². The predicted octanol–water partition coefficient (Wildman–Crippen LogP) is 0.300. The van der Waals surface area contributed by atoms with Crippen LogP contribution in [-0.2, 0) is 46.3 Å². The molecule has 5 atom stereocenters.